The predicted octanol–water partition coefficient (Wildman–Crippen LogP) is 3.99. The predicted molar refractivity (Wildman–Crippen MR) is 98.5 cm³/mol. The van der Waals surface area contributed by atoms with Crippen LogP contribution in [0, 0.1) is 0 Å². The fraction of sp³-hybridized carbons (Fsp3) is 0.409. The molecule has 1 N–H and O–H groups in total. The first kappa shape index (κ1) is 16.5. The van der Waals surface area contributed by atoms with Crippen molar-refractivity contribution < 1.29 is 9.90 Å². The Morgan fingerprint density at radius 3 is 2.16 bits per heavy atom. The van der Waals surface area contributed by atoms with Gasteiger partial charge in [-0.2, -0.15) is 0 Å². The first-order valence-corrected chi connectivity index (χ1v) is 9.37. The maximum absolute atomic E-state index is 13.1. The van der Waals surface area contributed by atoms with Gasteiger partial charge in [-0.3, -0.25) is 9.69 Å². The van der Waals surface area contributed by atoms with Crippen molar-refractivity contribution >= 4 is 5.78 Å². The lowest BCUT2D eigenvalue weighted by Gasteiger charge is -2.24. The SMILES string of the molecule is O=C(c1ccccc1)[C@@H]1[C@@H](C(O)c2ccccc2)N1C1CCCCC1. The molecule has 1 aliphatic heterocycles. The van der Waals surface area contributed by atoms with Crippen LogP contribution < -0.4 is 0 Å². The summed E-state index contributed by atoms with van der Waals surface area (Å²) in [5, 5.41) is 10.9. The summed E-state index contributed by atoms with van der Waals surface area (Å²) in [4.78, 5) is 15.3. The van der Waals surface area contributed by atoms with Crippen LogP contribution in [0.3, 0.4) is 0 Å². The van der Waals surface area contributed by atoms with Gasteiger partial charge in [-0.05, 0) is 18.4 Å². The number of hydrogen-bond acceptors (Lipinski definition) is 3. The van der Waals surface area contributed by atoms with Gasteiger partial charge in [0, 0.05) is 11.6 Å². The average molecular weight is 335 g/mol. The second-order valence-corrected chi connectivity index (χ2v) is 7.26. The van der Waals surface area contributed by atoms with E-state index in [-0.39, 0.29) is 17.9 Å². The van der Waals surface area contributed by atoms with Gasteiger partial charge >= 0.3 is 0 Å². The number of ketones is 1. The van der Waals surface area contributed by atoms with Crippen molar-refractivity contribution in [3.63, 3.8) is 0 Å². The molecule has 2 fully saturated rings. The number of Topliss-reactive ketones (excluding diaryl/α,β-unsaturated/α-hetero) is 1. The molecule has 0 amide bonds. The van der Waals surface area contributed by atoms with Crippen molar-refractivity contribution in [1.82, 2.24) is 4.90 Å². The molecule has 1 saturated carbocycles. The highest BCUT2D eigenvalue weighted by Gasteiger charge is 2.58. The molecule has 2 aromatic carbocycles. The lowest BCUT2D eigenvalue weighted by Crippen LogP contribution is -2.27. The molecule has 1 aliphatic carbocycles. The third-order valence-electron chi connectivity index (χ3n) is 5.69. The van der Waals surface area contributed by atoms with E-state index < -0.39 is 6.10 Å². The van der Waals surface area contributed by atoms with Crippen molar-refractivity contribution in [2.45, 2.75) is 56.3 Å². The normalized spacial score (nSPS) is 27.6. The van der Waals surface area contributed by atoms with E-state index in [0.717, 1.165) is 24.0 Å². The van der Waals surface area contributed by atoms with Crippen LogP contribution in [0.25, 0.3) is 0 Å². The molecule has 1 heterocycles. The molecule has 0 bridgehead atoms. The van der Waals surface area contributed by atoms with Crippen molar-refractivity contribution in [1.29, 1.82) is 0 Å². The maximum atomic E-state index is 13.1. The van der Waals surface area contributed by atoms with Gasteiger partial charge in [0.2, 0.25) is 0 Å². The van der Waals surface area contributed by atoms with Crippen LogP contribution in [0.1, 0.15) is 54.1 Å². The largest absolute Gasteiger partial charge is 0.387 e. The second-order valence-electron chi connectivity index (χ2n) is 7.26. The number of rotatable bonds is 5. The lowest BCUT2D eigenvalue weighted by molar-refractivity contribution is 0.0961. The number of hydrogen-bond donors (Lipinski definition) is 1. The van der Waals surface area contributed by atoms with E-state index in [1.165, 1.54) is 19.3 Å². The molecule has 0 radical (unpaired) electrons. The number of aliphatic hydroxyl groups is 1. The van der Waals surface area contributed by atoms with Crippen LogP contribution in [0.4, 0.5) is 0 Å². The smallest absolute Gasteiger partial charge is 0.181 e. The molecule has 0 aromatic heterocycles. The van der Waals surface area contributed by atoms with E-state index in [0.29, 0.717) is 6.04 Å². The number of nitrogens with zero attached hydrogens (tertiary/aromatic N) is 1. The molecule has 130 valence electrons. The van der Waals surface area contributed by atoms with E-state index in [4.69, 9.17) is 0 Å². The minimum absolute atomic E-state index is 0.0989. The van der Waals surface area contributed by atoms with E-state index >= 15 is 0 Å². The van der Waals surface area contributed by atoms with Crippen LogP contribution in [0.5, 0.6) is 0 Å². The number of carbonyl (C=O) groups excluding carboxylic acids is 1. The van der Waals surface area contributed by atoms with Crippen molar-refractivity contribution in [3.05, 3.63) is 71.8 Å². The molecule has 2 aliphatic rings. The fourth-order valence-corrected chi connectivity index (χ4v) is 4.36. The Labute approximate surface area is 149 Å². The zero-order valence-electron chi connectivity index (χ0n) is 14.4. The number of carbonyl (C=O) groups is 1. The van der Waals surface area contributed by atoms with Gasteiger partial charge in [0.15, 0.2) is 5.78 Å². The van der Waals surface area contributed by atoms with E-state index in [9.17, 15) is 9.90 Å². The molecule has 4 rings (SSSR count). The molecule has 1 saturated heterocycles. The summed E-state index contributed by atoms with van der Waals surface area (Å²) in [7, 11) is 0. The number of aliphatic hydroxyl groups excluding tert-OH is 1. The highest BCUT2D eigenvalue weighted by molar-refractivity contribution is 6.02. The van der Waals surface area contributed by atoms with Gasteiger partial charge in [-0.15, -0.1) is 0 Å². The Morgan fingerprint density at radius 1 is 0.920 bits per heavy atom. The quantitative estimate of drug-likeness (QED) is 0.663. The van der Waals surface area contributed by atoms with Crippen LogP contribution in [0.2, 0.25) is 0 Å². The average Bonchev–Trinajstić information content (AvgIpc) is 3.44. The Kier molecular flexibility index (Phi) is 4.69. The summed E-state index contributed by atoms with van der Waals surface area (Å²) in [5.41, 5.74) is 1.65. The van der Waals surface area contributed by atoms with Gasteiger partial charge < -0.3 is 5.11 Å². The minimum atomic E-state index is -0.610. The van der Waals surface area contributed by atoms with Crippen LogP contribution in [-0.4, -0.2) is 33.9 Å². The highest BCUT2D eigenvalue weighted by Crippen LogP contribution is 2.45. The summed E-state index contributed by atoms with van der Waals surface area (Å²) in [6, 6.07) is 19.4. The zero-order valence-corrected chi connectivity index (χ0v) is 14.4. The molecule has 0 spiro atoms. The minimum Gasteiger partial charge on any atom is -0.387 e. The zero-order chi connectivity index (χ0) is 17.2. The topological polar surface area (TPSA) is 40.3 Å². The van der Waals surface area contributed by atoms with Gasteiger partial charge in [-0.25, -0.2) is 0 Å². The molecular formula is C22H25NO2. The van der Waals surface area contributed by atoms with Gasteiger partial charge in [-0.1, -0.05) is 79.9 Å². The van der Waals surface area contributed by atoms with E-state index in [2.05, 4.69) is 4.90 Å². The van der Waals surface area contributed by atoms with Gasteiger partial charge in [0.25, 0.3) is 0 Å². The second kappa shape index (κ2) is 7.11. The fourth-order valence-electron chi connectivity index (χ4n) is 4.36. The molecule has 2 unspecified atom stereocenters. The Balaban J connectivity index is 1.59. The highest BCUT2D eigenvalue weighted by atomic mass is 16.3. The van der Waals surface area contributed by atoms with Crippen LogP contribution in [0.15, 0.2) is 60.7 Å². The summed E-state index contributed by atoms with van der Waals surface area (Å²) >= 11 is 0. The Hall–Kier alpha value is -1.97. The van der Waals surface area contributed by atoms with E-state index in [1.54, 1.807) is 0 Å². The van der Waals surface area contributed by atoms with E-state index in [1.807, 2.05) is 60.7 Å². The Bertz CT molecular complexity index is 709. The third-order valence-corrected chi connectivity index (χ3v) is 5.69. The molecule has 25 heavy (non-hydrogen) atoms. The first-order valence-electron chi connectivity index (χ1n) is 9.37. The molecule has 4 atom stereocenters. The Morgan fingerprint density at radius 2 is 1.52 bits per heavy atom. The lowest BCUT2D eigenvalue weighted by atomic mass is 9.95. The van der Waals surface area contributed by atoms with Crippen LogP contribution >= 0.6 is 0 Å². The van der Waals surface area contributed by atoms with Crippen molar-refractivity contribution in [2.24, 2.45) is 0 Å². The van der Waals surface area contributed by atoms with Gasteiger partial charge in [0.1, 0.15) is 0 Å². The standard InChI is InChI=1S/C22H25NO2/c24-21(16-10-4-1-5-11-16)19-20(22(25)17-12-6-2-7-13-17)23(19)18-14-8-3-9-15-18/h1-2,4-7,10-13,18-21,24H,3,8-9,14-15H2/t19-,20-,21?,23?/m0/s1. The first-order chi connectivity index (χ1) is 12.3. The molecule has 3 heteroatoms. The molecular weight excluding hydrogens is 310 g/mol. The maximum Gasteiger partial charge on any atom is 0.181 e. The van der Waals surface area contributed by atoms with Crippen molar-refractivity contribution in [2.75, 3.05) is 0 Å². The summed E-state index contributed by atoms with van der Waals surface area (Å²) in [6.07, 6.45) is 5.39. The summed E-state index contributed by atoms with van der Waals surface area (Å²) in [5.74, 6) is 0.145. The third kappa shape index (κ3) is 3.26. The monoisotopic (exact) mass is 335 g/mol. The molecule has 2 aromatic rings. The van der Waals surface area contributed by atoms with Crippen molar-refractivity contribution in [3.8, 4) is 0 Å². The van der Waals surface area contributed by atoms with Crippen LogP contribution in [-0.2, 0) is 0 Å². The summed E-state index contributed by atoms with van der Waals surface area (Å²) in [6.45, 7) is 0. The molecule has 3 nitrogen and oxygen atoms in total. The summed E-state index contributed by atoms with van der Waals surface area (Å²) < 4.78 is 0. The van der Waals surface area contributed by atoms with Gasteiger partial charge in [0.05, 0.1) is 18.2 Å². The number of benzene rings is 2.